The van der Waals surface area contributed by atoms with Gasteiger partial charge in [0.2, 0.25) is 0 Å². The van der Waals surface area contributed by atoms with Gasteiger partial charge >= 0.3 is 5.97 Å². The number of nitrogens with two attached hydrogens (primary N) is 1. The second-order valence-electron chi connectivity index (χ2n) is 3.36. The van der Waals surface area contributed by atoms with E-state index in [1.807, 2.05) is 24.3 Å². The van der Waals surface area contributed by atoms with Gasteiger partial charge in [0.05, 0.1) is 13.5 Å². The smallest absolute Gasteiger partial charge is 0.309 e. The molecule has 88 valence electrons. The second kappa shape index (κ2) is 7.30. The molecule has 0 amide bonds. The Bertz CT molecular complexity index is 342. The van der Waals surface area contributed by atoms with E-state index in [4.69, 9.17) is 5.73 Å². The largest absolute Gasteiger partial charge is 0.469 e. The molecular formula is C12H17NO2S. The molecule has 1 rings (SSSR count). The summed E-state index contributed by atoms with van der Waals surface area (Å²) in [6.45, 7) is 0.684. The normalized spacial score (nSPS) is 10.1. The van der Waals surface area contributed by atoms with Gasteiger partial charge in [-0.15, -0.1) is 0 Å². The molecule has 4 heteroatoms. The van der Waals surface area contributed by atoms with Gasteiger partial charge in [-0.1, -0.05) is 24.3 Å². The Morgan fingerprint density at radius 1 is 1.38 bits per heavy atom. The molecule has 0 heterocycles. The zero-order chi connectivity index (χ0) is 11.8. The lowest BCUT2D eigenvalue weighted by atomic mass is 10.1. The van der Waals surface area contributed by atoms with Gasteiger partial charge < -0.3 is 10.5 Å². The number of hydrogen-bond donors (Lipinski definition) is 1. The van der Waals surface area contributed by atoms with Crippen molar-refractivity contribution in [3.63, 3.8) is 0 Å². The van der Waals surface area contributed by atoms with E-state index < -0.39 is 0 Å². The predicted octanol–water partition coefficient (Wildman–Crippen LogP) is 1.59. The Hall–Kier alpha value is -1.00. The number of rotatable bonds is 6. The highest BCUT2D eigenvalue weighted by atomic mass is 32.2. The van der Waals surface area contributed by atoms with Crippen molar-refractivity contribution in [2.75, 3.05) is 19.4 Å². The minimum Gasteiger partial charge on any atom is -0.469 e. The van der Waals surface area contributed by atoms with Crippen LogP contribution in [0.2, 0.25) is 0 Å². The van der Waals surface area contributed by atoms with E-state index in [1.54, 1.807) is 11.8 Å². The third-order valence-electron chi connectivity index (χ3n) is 2.20. The van der Waals surface area contributed by atoms with Crippen molar-refractivity contribution < 1.29 is 9.53 Å². The zero-order valence-electron chi connectivity index (χ0n) is 9.44. The molecule has 0 atom stereocenters. The molecule has 0 spiro atoms. The van der Waals surface area contributed by atoms with Crippen molar-refractivity contribution >= 4 is 17.7 Å². The van der Waals surface area contributed by atoms with Crippen LogP contribution >= 0.6 is 11.8 Å². The molecule has 0 saturated heterocycles. The zero-order valence-corrected chi connectivity index (χ0v) is 10.3. The van der Waals surface area contributed by atoms with E-state index >= 15 is 0 Å². The number of carbonyl (C=O) groups is 1. The number of thioether (sulfide) groups is 1. The molecule has 0 aromatic heterocycles. The minimum atomic E-state index is -0.198. The van der Waals surface area contributed by atoms with Crippen LogP contribution in [0.1, 0.15) is 11.1 Å². The fraction of sp³-hybridized carbons (Fsp3) is 0.417. The lowest BCUT2D eigenvalue weighted by molar-refractivity contribution is -0.139. The lowest BCUT2D eigenvalue weighted by Gasteiger charge is -2.07. The van der Waals surface area contributed by atoms with Crippen LogP contribution in [0.3, 0.4) is 0 Å². The molecule has 2 N–H and O–H groups in total. The maximum atomic E-state index is 11.2. The molecule has 0 aliphatic rings. The van der Waals surface area contributed by atoms with Gasteiger partial charge in [-0.2, -0.15) is 11.8 Å². The molecule has 16 heavy (non-hydrogen) atoms. The van der Waals surface area contributed by atoms with E-state index in [0.29, 0.717) is 13.0 Å². The number of benzene rings is 1. The van der Waals surface area contributed by atoms with E-state index in [-0.39, 0.29) is 5.97 Å². The summed E-state index contributed by atoms with van der Waals surface area (Å²) in [6.07, 6.45) is 0.343. The van der Waals surface area contributed by atoms with Crippen LogP contribution in [0.15, 0.2) is 24.3 Å². The summed E-state index contributed by atoms with van der Waals surface area (Å²) in [6, 6.07) is 7.94. The summed E-state index contributed by atoms with van der Waals surface area (Å²) in [5, 5.41) is 0. The first-order valence-electron chi connectivity index (χ1n) is 5.19. The Kier molecular flexibility index (Phi) is 5.96. The monoisotopic (exact) mass is 239 g/mol. The van der Waals surface area contributed by atoms with Crippen LogP contribution < -0.4 is 5.73 Å². The van der Waals surface area contributed by atoms with Gasteiger partial charge in [-0.05, 0) is 11.1 Å². The molecule has 0 unspecified atom stereocenters. The standard InChI is InChI=1S/C12H17NO2S/c1-15-12(14)8-10-4-2-3-5-11(10)9-16-7-6-13/h2-5H,6-9,13H2,1H3. The van der Waals surface area contributed by atoms with Gasteiger partial charge in [0.15, 0.2) is 0 Å². The SMILES string of the molecule is COC(=O)Cc1ccccc1CSCCN. The van der Waals surface area contributed by atoms with Crippen molar-refractivity contribution in [2.45, 2.75) is 12.2 Å². The highest BCUT2D eigenvalue weighted by Gasteiger charge is 2.07. The number of ether oxygens (including phenoxy) is 1. The molecular weight excluding hydrogens is 222 g/mol. The van der Waals surface area contributed by atoms with Gasteiger partial charge in [0.1, 0.15) is 0 Å². The van der Waals surface area contributed by atoms with Crippen molar-refractivity contribution in [1.29, 1.82) is 0 Å². The van der Waals surface area contributed by atoms with Crippen molar-refractivity contribution in [3.8, 4) is 0 Å². The topological polar surface area (TPSA) is 52.3 Å². The molecule has 0 aliphatic carbocycles. The van der Waals surface area contributed by atoms with Crippen LogP contribution in [0.25, 0.3) is 0 Å². The maximum Gasteiger partial charge on any atom is 0.309 e. The first kappa shape index (κ1) is 13.1. The molecule has 1 aromatic carbocycles. The third-order valence-corrected chi connectivity index (χ3v) is 3.24. The molecule has 3 nitrogen and oxygen atoms in total. The number of esters is 1. The van der Waals surface area contributed by atoms with Gasteiger partial charge in [-0.25, -0.2) is 0 Å². The highest BCUT2D eigenvalue weighted by molar-refractivity contribution is 7.98. The minimum absolute atomic E-state index is 0.198. The first-order chi connectivity index (χ1) is 7.77. The predicted molar refractivity (Wildman–Crippen MR) is 67.4 cm³/mol. The molecule has 0 fully saturated rings. The molecule has 0 aliphatic heterocycles. The maximum absolute atomic E-state index is 11.2. The Balaban J connectivity index is 2.63. The quantitative estimate of drug-likeness (QED) is 0.605. The van der Waals surface area contributed by atoms with Crippen LogP contribution in [0, 0.1) is 0 Å². The molecule has 1 aromatic rings. The first-order valence-corrected chi connectivity index (χ1v) is 6.34. The number of carbonyl (C=O) groups excluding carboxylic acids is 1. The van der Waals surface area contributed by atoms with Crippen molar-refractivity contribution in [3.05, 3.63) is 35.4 Å². The summed E-state index contributed by atoms with van der Waals surface area (Å²) in [5.74, 6) is 1.63. The summed E-state index contributed by atoms with van der Waals surface area (Å²) in [4.78, 5) is 11.2. The Labute approximate surface area is 100 Å². The van der Waals surface area contributed by atoms with E-state index in [2.05, 4.69) is 4.74 Å². The van der Waals surface area contributed by atoms with Crippen LogP contribution in [0.5, 0.6) is 0 Å². The van der Waals surface area contributed by atoms with E-state index in [0.717, 1.165) is 17.1 Å². The molecule has 0 saturated carbocycles. The van der Waals surface area contributed by atoms with Crippen LogP contribution in [0.4, 0.5) is 0 Å². The van der Waals surface area contributed by atoms with E-state index in [9.17, 15) is 4.79 Å². The van der Waals surface area contributed by atoms with E-state index in [1.165, 1.54) is 12.7 Å². The molecule has 0 bridgehead atoms. The Morgan fingerprint density at radius 3 is 2.69 bits per heavy atom. The summed E-state index contributed by atoms with van der Waals surface area (Å²) in [5.41, 5.74) is 7.67. The van der Waals surface area contributed by atoms with Gasteiger partial charge in [0, 0.05) is 18.1 Å². The Morgan fingerprint density at radius 2 is 2.06 bits per heavy atom. The summed E-state index contributed by atoms with van der Waals surface area (Å²) < 4.78 is 4.67. The average Bonchev–Trinajstić information content (AvgIpc) is 2.31. The molecule has 0 radical (unpaired) electrons. The van der Waals surface area contributed by atoms with Gasteiger partial charge in [0.25, 0.3) is 0 Å². The fourth-order valence-electron chi connectivity index (χ4n) is 1.36. The van der Waals surface area contributed by atoms with Crippen LogP contribution in [-0.4, -0.2) is 25.4 Å². The highest BCUT2D eigenvalue weighted by Crippen LogP contribution is 2.17. The fourth-order valence-corrected chi connectivity index (χ4v) is 2.18. The van der Waals surface area contributed by atoms with Gasteiger partial charge in [-0.3, -0.25) is 4.79 Å². The second-order valence-corrected chi connectivity index (χ2v) is 4.47. The number of hydrogen-bond acceptors (Lipinski definition) is 4. The lowest BCUT2D eigenvalue weighted by Crippen LogP contribution is -2.07. The summed E-state index contributed by atoms with van der Waals surface area (Å²) >= 11 is 1.78. The average molecular weight is 239 g/mol. The van der Waals surface area contributed by atoms with Crippen molar-refractivity contribution in [2.24, 2.45) is 5.73 Å². The van der Waals surface area contributed by atoms with Crippen LogP contribution in [-0.2, 0) is 21.7 Å². The van der Waals surface area contributed by atoms with Crippen molar-refractivity contribution in [1.82, 2.24) is 0 Å². The third kappa shape index (κ3) is 4.24. The summed E-state index contributed by atoms with van der Waals surface area (Å²) in [7, 11) is 1.41. The number of methoxy groups -OCH3 is 1.